The van der Waals surface area contributed by atoms with Gasteiger partial charge in [-0.15, -0.1) is 0 Å². The quantitative estimate of drug-likeness (QED) is 0.935. The molecule has 0 radical (unpaired) electrons. The first kappa shape index (κ1) is 13.9. The minimum atomic E-state index is -1.32. The third-order valence-electron chi connectivity index (χ3n) is 2.58. The molecule has 0 bridgehead atoms. The number of rotatable bonds is 4. The van der Waals surface area contributed by atoms with Crippen LogP contribution in [0.15, 0.2) is 36.4 Å². The van der Waals surface area contributed by atoms with Gasteiger partial charge in [0.05, 0.1) is 5.56 Å². The van der Waals surface area contributed by atoms with E-state index >= 15 is 0 Å². The summed E-state index contributed by atoms with van der Waals surface area (Å²) in [6, 6.07) is 5.92. The lowest BCUT2D eigenvalue weighted by molar-refractivity contribution is 0.0693. The molecule has 0 saturated carbocycles. The van der Waals surface area contributed by atoms with Crippen molar-refractivity contribution in [3.63, 3.8) is 0 Å². The minimum absolute atomic E-state index is 0.183. The van der Waals surface area contributed by atoms with Gasteiger partial charge in [-0.2, -0.15) is 0 Å². The molecule has 0 unspecified atom stereocenters. The highest BCUT2D eigenvalue weighted by Crippen LogP contribution is 2.20. The molecule has 0 amide bonds. The maximum absolute atomic E-state index is 13.3. The predicted octanol–water partition coefficient (Wildman–Crippen LogP) is 3.38. The maximum atomic E-state index is 13.3. The number of hydrogen-bond donors (Lipinski definition) is 1. The zero-order valence-corrected chi connectivity index (χ0v) is 10.1. The van der Waals surface area contributed by atoms with Crippen molar-refractivity contribution in [2.24, 2.45) is 0 Å². The van der Waals surface area contributed by atoms with E-state index in [2.05, 4.69) is 0 Å². The Kier molecular flexibility index (Phi) is 3.93. The maximum Gasteiger partial charge on any atom is 0.336 e. The molecule has 0 saturated heterocycles. The van der Waals surface area contributed by atoms with Crippen molar-refractivity contribution >= 4 is 5.97 Å². The van der Waals surface area contributed by atoms with E-state index in [4.69, 9.17) is 9.84 Å². The molecule has 0 fully saturated rings. The Morgan fingerprint density at radius 1 is 1.05 bits per heavy atom. The fourth-order valence-electron chi connectivity index (χ4n) is 1.62. The first-order chi connectivity index (χ1) is 9.47. The Balaban J connectivity index is 2.20. The van der Waals surface area contributed by atoms with E-state index in [1.807, 2.05) is 0 Å². The van der Waals surface area contributed by atoms with Crippen molar-refractivity contribution in [3.05, 3.63) is 65.0 Å². The highest BCUT2D eigenvalue weighted by molar-refractivity contribution is 5.89. The van der Waals surface area contributed by atoms with Gasteiger partial charge in [-0.05, 0) is 24.3 Å². The number of ether oxygens (including phenoxy) is 1. The Labute approximate surface area is 112 Å². The average Bonchev–Trinajstić information content (AvgIpc) is 2.38. The van der Waals surface area contributed by atoms with Gasteiger partial charge in [0, 0.05) is 11.6 Å². The second-order valence-electron chi connectivity index (χ2n) is 3.97. The topological polar surface area (TPSA) is 46.5 Å². The predicted molar refractivity (Wildman–Crippen MR) is 64.0 cm³/mol. The zero-order valence-electron chi connectivity index (χ0n) is 10.1. The van der Waals surface area contributed by atoms with Crippen LogP contribution >= 0.6 is 0 Å². The van der Waals surface area contributed by atoms with Crippen LogP contribution in [0.25, 0.3) is 0 Å². The molecular formula is C14H9F3O3. The molecule has 1 N–H and O–H groups in total. The fourth-order valence-corrected chi connectivity index (χ4v) is 1.62. The molecule has 0 heterocycles. The molecule has 3 nitrogen and oxygen atoms in total. The molecule has 0 atom stereocenters. The monoisotopic (exact) mass is 282 g/mol. The summed E-state index contributed by atoms with van der Waals surface area (Å²) in [6.45, 7) is -0.273. The highest BCUT2D eigenvalue weighted by Gasteiger charge is 2.13. The van der Waals surface area contributed by atoms with Crippen molar-refractivity contribution in [1.82, 2.24) is 0 Å². The Morgan fingerprint density at radius 2 is 1.70 bits per heavy atom. The summed E-state index contributed by atoms with van der Waals surface area (Å²) in [6.07, 6.45) is 0. The number of carboxylic acid groups (broad SMARTS) is 1. The molecule has 0 aliphatic carbocycles. The van der Waals surface area contributed by atoms with E-state index in [0.717, 1.165) is 24.3 Å². The number of halogens is 3. The van der Waals surface area contributed by atoms with Gasteiger partial charge in [0.1, 0.15) is 18.2 Å². The lowest BCUT2D eigenvalue weighted by Gasteiger charge is -2.09. The second-order valence-corrected chi connectivity index (χ2v) is 3.97. The van der Waals surface area contributed by atoms with E-state index in [0.29, 0.717) is 6.07 Å². The lowest BCUT2D eigenvalue weighted by atomic mass is 10.1. The first-order valence-electron chi connectivity index (χ1n) is 5.57. The van der Waals surface area contributed by atoms with Gasteiger partial charge in [0.15, 0.2) is 11.6 Å². The summed E-state index contributed by atoms with van der Waals surface area (Å²) in [4.78, 5) is 11.0. The van der Waals surface area contributed by atoms with Gasteiger partial charge in [0.2, 0.25) is 0 Å². The van der Waals surface area contributed by atoms with Crippen molar-refractivity contribution in [2.75, 3.05) is 0 Å². The van der Waals surface area contributed by atoms with Crippen LogP contribution in [0.5, 0.6) is 5.75 Å². The van der Waals surface area contributed by atoms with Gasteiger partial charge in [0.25, 0.3) is 0 Å². The molecule has 2 aromatic carbocycles. The number of benzene rings is 2. The van der Waals surface area contributed by atoms with Gasteiger partial charge in [-0.25, -0.2) is 18.0 Å². The number of carboxylic acids is 1. The van der Waals surface area contributed by atoms with Crippen LogP contribution < -0.4 is 4.74 Å². The molecule has 104 valence electrons. The molecule has 2 rings (SSSR count). The van der Waals surface area contributed by atoms with Gasteiger partial charge in [-0.1, -0.05) is 6.07 Å². The molecule has 0 spiro atoms. The van der Waals surface area contributed by atoms with Crippen LogP contribution in [0.3, 0.4) is 0 Å². The van der Waals surface area contributed by atoms with Crippen molar-refractivity contribution in [2.45, 2.75) is 6.61 Å². The Morgan fingerprint density at radius 3 is 2.35 bits per heavy atom. The Hall–Kier alpha value is -2.50. The van der Waals surface area contributed by atoms with Crippen LogP contribution in [-0.2, 0) is 6.61 Å². The zero-order chi connectivity index (χ0) is 14.7. The number of carbonyl (C=O) groups is 1. The van der Waals surface area contributed by atoms with E-state index < -0.39 is 23.4 Å². The normalized spacial score (nSPS) is 10.3. The van der Waals surface area contributed by atoms with Crippen LogP contribution in [0.2, 0.25) is 0 Å². The van der Waals surface area contributed by atoms with Crippen molar-refractivity contribution < 1.29 is 27.8 Å². The molecule has 20 heavy (non-hydrogen) atoms. The van der Waals surface area contributed by atoms with Crippen LogP contribution in [0.4, 0.5) is 13.2 Å². The largest absolute Gasteiger partial charge is 0.486 e. The third kappa shape index (κ3) is 3.09. The summed E-state index contributed by atoms with van der Waals surface area (Å²) in [5.74, 6) is -3.87. The molecule has 0 aromatic heterocycles. The molecule has 2 aromatic rings. The molecule has 6 heteroatoms. The summed E-state index contributed by atoms with van der Waals surface area (Å²) < 4.78 is 44.1. The number of aromatic carboxylic acids is 1. The van der Waals surface area contributed by atoms with Crippen molar-refractivity contribution in [3.8, 4) is 5.75 Å². The first-order valence-corrected chi connectivity index (χ1v) is 5.57. The third-order valence-corrected chi connectivity index (χ3v) is 2.58. The van der Waals surface area contributed by atoms with E-state index in [-0.39, 0.29) is 23.5 Å². The summed E-state index contributed by atoms with van der Waals surface area (Å²) >= 11 is 0. The van der Waals surface area contributed by atoms with Crippen LogP contribution in [0, 0.1) is 17.5 Å². The van der Waals surface area contributed by atoms with Gasteiger partial charge >= 0.3 is 5.97 Å². The molecule has 0 aliphatic rings. The second kappa shape index (κ2) is 5.64. The fraction of sp³-hybridized carbons (Fsp3) is 0.0714. The van der Waals surface area contributed by atoms with E-state index in [1.54, 1.807) is 0 Å². The molecular weight excluding hydrogens is 273 g/mol. The van der Waals surface area contributed by atoms with E-state index in [9.17, 15) is 18.0 Å². The minimum Gasteiger partial charge on any atom is -0.486 e. The Bertz CT molecular complexity index is 656. The van der Waals surface area contributed by atoms with Gasteiger partial charge in [-0.3, -0.25) is 0 Å². The highest BCUT2D eigenvalue weighted by atomic mass is 19.1. The summed E-state index contributed by atoms with van der Waals surface area (Å²) in [7, 11) is 0. The van der Waals surface area contributed by atoms with Crippen LogP contribution in [-0.4, -0.2) is 11.1 Å². The smallest absolute Gasteiger partial charge is 0.336 e. The standard InChI is InChI=1S/C14H9F3O3/c15-9-2-1-8(11(5-9)14(18)19)7-20-13-4-3-10(16)6-12(13)17/h1-6H,7H2,(H,18,19). The molecule has 0 aliphatic heterocycles. The SMILES string of the molecule is O=C(O)c1cc(F)ccc1COc1ccc(F)cc1F. The lowest BCUT2D eigenvalue weighted by Crippen LogP contribution is -2.07. The van der Waals surface area contributed by atoms with E-state index in [1.165, 1.54) is 6.07 Å². The average molecular weight is 282 g/mol. The summed E-state index contributed by atoms with van der Waals surface area (Å²) in [5, 5.41) is 8.93. The summed E-state index contributed by atoms with van der Waals surface area (Å²) in [5.41, 5.74) is -0.0878. The van der Waals surface area contributed by atoms with Gasteiger partial charge < -0.3 is 9.84 Å². The van der Waals surface area contributed by atoms with Crippen molar-refractivity contribution in [1.29, 1.82) is 0 Å². The van der Waals surface area contributed by atoms with Crippen LogP contribution in [0.1, 0.15) is 15.9 Å². The number of hydrogen-bond acceptors (Lipinski definition) is 2.